The molecule has 0 heterocycles. The van der Waals surface area contributed by atoms with Crippen molar-refractivity contribution < 1.29 is 9.59 Å². The van der Waals surface area contributed by atoms with Crippen LogP contribution in [0.1, 0.15) is 44.9 Å². The summed E-state index contributed by atoms with van der Waals surface area (Å²) in [5.74, 6) is 0.465. The highest BCUT2D eigenvalue weighted by atomic mass is 16.2. The summed E-state index contributed by atoms with van der Waals surface area (Å²) in [6, 6.07) is 0. The van der Waals surface area contributed by atoms with E-state index in [1.54, 1.807) is 0 Å². The second kappa shape index (κ2) is 2.68. The molecule has 2 aliphatic carbocycles. The van der Waals surface area contributed by atoms with Crippen molar-refractivity contribution in [1.29, 1.82) is 0 Å². The fourth-order valence-corrected chi connectivity index (χ4v) is 2.58. The van der Waals surface area contributed by atoms with Crippen LogP contribution in [0.25, 0.3) is 0 Å². The highest BCUT2D eigenvalue weighted by Crippen LogP contribution is 2.44. The van der Waals surface area contributed by atoms with Crippen LogP contribution in [-0.4, -0.2) is 11.6 Å². The third-order valence-corrected chi connectivity index (χ3v) is 3.33. The molecule has 0 bridgehead atoms. The van der Waals surface area contributed by atoms with Crippen LogP contribution in [0.4, 0.5) is 0 Å². The zero-order valence-corrected chi connectivity index (χ0v) is 7.27. The number of rotatable bonds is 0. The lowest BCUT2D eigenvalue weighted by atomic mass is 9.71. The molecule has 66 valence electrons. The molecule has 2 heteroatoms. The highest BCUT2D eigenvalue weighted by molar-refractivity contribution is 6.09. The molecule has 0 aromatic carbocycles. The van der Waals surface area contributed by atoms with Crippen molar-refractivity contribution in [2.75, 3.05) is 0 Å². The van der Waals surface area contributed by atoms with Crippen molar-refractivity contribution in [3.8, 4) is 0 Å². The normalized spacial score (nSPS) is 28.3. The first-order valence-corrected chi connectivity index (χ1v) is 4.82. The number of hydrogen-bond donors (Lipinski definition) is 0. The first-order valence-electron chi connectivity index (χ1n) is 4.82. The van der Waals surface area contributed by atoms with Crippen LogP contribution in [0.3, 0.4) is 0 Å². The molecule has 0 amide bonds. The molecule has 0 atom stereocenters. The largest absolute Gasteiger partial charge is 0.299 e. The lowest BCUT2D eigenvalue weighted by Crippen LogP contribution is -2.39. The molecule has 0 radical (unpaired) electrons. The van der Waals surface area contributed by atoms with Gasteiger partial charge in [-0.15, -0.1) is 0 Å². The summed E-state index contributed by atoms with van der Waals surface area (Å²) in [6.07, 6.45) is 5.89. The van der Waals surface area contributed by atoms with Crippen molar-refractivity contribution in [3.05, 3.63) is 0 Å². The lowest BCUT2D eigenvalue weighted by Gasteiger charge is -2.29. The lowest BCUT2D eigenvalue weighted by molar-refractivity contribution is -0.143. The maximum atomic E-state index is 11.6. The molecule has 2 rings (SSSR count). The van der Waals surface area contributed by atoms with Gasteiger partial charge in [0.05, 0.1) is 5.41 Å². The van der Waals surface area contributed by atoms with E-state index in [0.717, 1.165) is 32.1 Å². The first kappa shape index (κ1) is 7.96. The average molecular weight is 166 g/mol. The van der Waals surface area contributed by atoms with Crippen molar-refractivity contribution in [3.63, 3.8) is 0 Å². The second-order valence-electron chi connectivity index (χ2n) is 3.99. The van der Waals surface area contributed by atoms with Crippen LogP contribution < -0.4 is 0 Å². The molecule has 0 aliphatic heterocycles. The van der Waals surface area contributed by atoms with Gasteiger partial charge in [-0.1, -0.05) is 12.8 Å². The van der Waals surface area contributed by atoms with Crippen LogP contribution in [0, 0.1) is 5.41 Å². The maximum Gasteiger partial charge on any atom is 0.146 e. The van der Waals surface area contributed by atoms with Gasteiger partial charge in [0, 0.05) is 12.8 Å². The van der Waals surface area contributed by atoms with Crippen molar-refractivity contribution in [2.24, 2.45) is 5.41 Å². The van der Waals surface area contributed by atoms with Crippen molar-refractivity contribution in [2.45, 2.75) is 44.9 Å². The molecular formula is C10H14O2. The summed E-state index contributed by atoms with van der Waals surface area (Å²) in [4.78, 5) is 23.2. The summed E-state index contributed by atoms with van der Waals surface area (Å²) >= 11 is 0. The molecule has 2 fully saturated rings. The Balaban J connectivity index is 2.28. The Morgan fingerprint density at radius 3 is 1.83 bits per heavy atom. The van der Waals surface area contributed by atoms with Gasteiger partial charge in [-0.25, -0.2) is 0 Å². The predicted molar refractivity (Wildman–Crippen MR) is 44.8 cm³/mol. The summed E-state index contributed by atoms with van der Waals surface area (Å²) in [5, 5.41) is 0. The fraction of sp³-hybridized carbons (Fsp3) is 0.800. The maximum absolute atomic E-state index is 11.6. The molecule has 1 spiro atoms. The summed E-state index contributed by atoms with van der Waals surface area (Å²) < 4.78 is 0. The predicted octanol–water partition coefficient (Wildman–Crippen LogP) is 1.87. The van der Waals surface area contributed by atoms with Crippen LogP contribution in [0.5, 0.6) is 0 Å². The van der Waals surface area contributed by atoms with Crippen LogP contribution in [0.2, 0.25) is 0 Å². The Labute approximate surface area is 72.3 Å². The van der Waals surface area contributed by atoms with E-state index in [9.17, 15) is 9.59 Å². The summed E-state index contributed by atoms with van der Waals surface area (Å²) in [7, 11) is 0. The SMILES string of the molecule is O=C1CCCC(=O)C12CCCC2. The van der Waals surface area contributed by atoms with Gasteiger partial charge in [0.25, 0.3) is 0 Å². The average Bonchev–Trinajstić information content (AvgIpc) is 2.50. The van der Waals surface area contributed by atoms with Crippen molar-refractivity contribution >= 4 is 11.6 Å². The fourth-order valence-electron chi connectivity index (χ4n) is 2.58. The van der Waals surface area contributed by atoms with E-state index < -0.39 is 5.41 Å². The quantitative estimate of drug-likeness (QED) is 0.515. The standard InChI is InChI=1S/C10H14O2/c11-8-4-3-5-9(12)10(8)6-1-2-7-10/h1-7H2. The molecule has 0 aromatic heterocycles. The molecule has 0 N–H and O–H groups in total. The van der Waals surface area contributed by atoms with E-state index in [0.29, 0.717) is 12.8 Å². The van der Waals surface area contributed by atoms with Crippen LogP contribution in [-0.2, 0) is 9.59 Å². The van der Waals surface area contributed by atoms with Gasteiger partial charge in [-0.05, 0) is 19.3 Å². The summed E-state index contributed by atoms with van der Waals surface area (Å²) in [6.45, 7) is 0. The Morgan fingerprint density at radius 2 is 1.33 bits per heavy atom. The Bertz CT molecular complexity index is 206. The van der Waals surface area contributed by atoms with Gasteiger partial charge in [0.1, 0.15) is 11.6 Å². The minimum atomic E-state index is -0.488. The van der Waals surface area contributed by atoms with Gasteiger partial charge in [-0.3, -0.25) is 9.59 Å². The zero-order valence-electron chi connectivity index (χ0n) is 7.27. The number of carbonyl (C=O) groups excluding carboxylic acids is 2. The van der Waals surface area contributed by atoms with Gasteiger partial charge >= 0.3 is 0 Å². The van der Waals surface area contributed by atoms with Gasteiger partial charge in [-0.2, -0.15) is 0 Å². The Hall–Kier alpha value is -0.660. The minimum Gasteiger partial charge on any atom is -0.299 e. The number of Topliss-reactive ketones (excluding diaryl/α,β-unsaturated/α-hetero) is 2. The molecule has 0 aromatic rings. The van der Waals surface area contributed by atoms with Gasteiger partial charge in [0.15, 0.2) is 0 Å². The molecular weight excluding hydrogens is 152 g/mol. The van der Waals surface area contributed by atoms with Crippen molar-refractivity contribution in [1.82, 2.24) is 0 Å². The number of ketones is 2. The monoisotopic (exact) mass is 166 g/mol. The molecule has 2 nitrogen and oxygen atoms in total. The zero-order chi connectivity index (χ0) is 8.60. The van der Waals surface area contributed by atoms with Gasteiger partial charge in [0.2, 0.25) is 0 Å². The molecule has 2 saturated carbocycles. The third kappa shape index (κ3) is 0.936. The molecule has 0 unspecified atom stereocenters. The highest BCUT2D eigenvalue weighted by Gasteiger charge is 2.48. The molecule has 12 heavy (non-hydrogen) atoms. The van der Waals surface area contributed by atoms with E-state index >= 15 is 0 Å². The Kier molecular flexibility index (Phi) is 1.78. The van der Waals surface area contributed by atoms with E-state index in [-0.39, 0.29) is 11.6 Å². The Morgan fingerprint density at radius 1 is 0.833 bits per heavy atom. The third-order valence-electron chi connectivity index (χ3n) is 3.33. The summed E-state index contributed by atoms with van der Waals surface area (Å²) in [5.41, 5.74) is -0.488. The van der Waals surface area contributed by atoms with Gasteiger partial charge < -0.3 is 0 Å². The number of hydrogen-bond acceptors (Lipinski definition) is 2. The minimum absolute atomic E-state index is 0.233. The van der Waals surface area contributed by atoms with Crippen LogP contribution in [0.15, 0.2) is 0 Å². The van der Waals surface area contributed by atoms with E-state index in [4.69, 9.17) is 0 Å². The second-order valence-corrected chi connectivity index (χ2v) is 3.99. The first-order chi connectivity index (χ1) is 5.76. The number of carbonyl (C=O) groups is 2. The van der Waals surface area contributed by atoms with E-state index in [1.165, 1.54) is 0 Å². The topological polar surface area (TPSA) is 34.1 Å². The smallest absolute Gasteiger partial charge is 0.146 e. The molecule has 0 saturated heterocycles. The molecule has 2 aliphatic rings. The van der Waals surface area contributed by atoms with Crippen LogP contribution >= 0.6 is 0 Å². The van der Waals surface area contributed by atoms with E-state index in [2.05, 4.69) is 0 Å². The van der Waals surface area contributed by atoms with E-state index in [1.807, 2.05) is 0 Å².